The van der Waals surface area contributed by atoms with Crippen LogP contribution >= 0.6 is 11.3 Å². The number of para-hydroxylation sites is 1. The van der Waals surface area contributed by atoms with E-state index in [1.165, 1.54) is 75.8 Å². The largest absolute Gasteiger partial charge is 0.310 e. The lowest BCUT2D eigenvalue weighted by Crippen LogP contribution is -2.30. The second-order valence-corrected chi connectivity index (χ2v) is 16.4. The quantitative estimate of drug-likeness (QED) is 0.166. The molecule has 54 heavy (non-hydrogen) atoms. The van der Waals surface area contributed by atoms with Crippen LogP contribution in [0.25, 0.3) is 42.4 Å². The van der Waals surface area contributed by atoms with Crippen LogP contribution in [0.1, 0.15) is 47.2 Å². The Morgan fingerprint density at radius 3 is 1.67 bits per heavy atom. The van der Waals surface area contributed by atoms with Crippen molar-refractivity contribution in [2.24, 2.45) is 0 Å². The first-order valence-electron chi connectivity index (χ1n) is 18.8. The molecule has 2 aliphatic rings. The highest BCUT2D eigenvalue weighted by molar-refractivity contribution is 7.25. The topological polar surface area (TPSA) is 3.24 Å². The van der Waals surface area contributed by atoms with Crippen LogP contribution in [0.2, 0.25) is 0 Å². The molecule has 0 atom stereocenters. The van der Waals surface area contributed by atoms with Crippen LogP contribution in [0.5, 0.6) is 0 Å². The van der Waals surface area contributed by atoms with Crippen LogP contribution in [-0.2, 0) is 10.8 Å². The van der Waals surface area contributed by atoms with Crippen molar-refractivity contribution in [2.75, 3.05) is 4.90 Å². The SMILES string of the molecule is CC1(C)c2cccc3c2-c2c1cccc2C3(c1ccccc1)c1cccc(-c2ccc(N(c3ccccc3)c3ccc4c(c3)sc3ccccc34)cc2)c1. The van der Waals surface area contributed by atoms with E-state index in [4.69, 9.17) is 0 Å². The molecule has 0 spiro atoms. The minimum Gasteiger partial charge on any atom is -0.310 e. The number of fused-ring (bicyclic) bond motifs is 3. The zero-order valence-electron chi connectivity index (χ0n) is 30.3. The lowest BCUT2D eigenvalue weighted by molar-refractivity contribution is 0.652. The molecular weight excluding hydrogens is 671 g/mol. The van der Waals surface area contributed by atoms with Crippen molar-refractivity contribution >= 4 is 48.6 Å². The minimum absolute atomic E-state index is 0.0274. The number of anilines is 3. The first-order chi connectivity index (χ1) is 26.5. The van der Waals surface area contributed by atoms with Gasteiger partial charge in [-0.3, -0.25) is 0 Å². The van der Waals surface area contributed by atoms with Crippen molar-refractivity contribution in [3.05, 3.63) is 221 Å². The van der Waals surface area contributed by atoms with Crippen LogP contribution in [0.4, 0.5) is 17.1 Å². The number of rotatable bonds is 6. The van der Waals surface area contributed by atoms with Crippen LogP contribution in [0.15, 0.2) is 188 Å². The van der Waals surface area contributed by atoms with Gasteiger partial charge >= 0.3 is 0 Å². The van der Waals surface area contributed by atoms with E-state index in [0.717, 1.165) is 17.1 Å². The maximum atomic E-state index is 2.44. The molecule has 1 nitrogen and oxygen atoms in total. The summed E-state index contributed by atoms with van der Waals surface area (Å²) in [7, 11) is 0. The Labute approximate surface area is 320 Å². The highest BCUT2D eigenvalue weighted by Gasteiger charge is 2.52. The van der Waals surface area contributed by atoms with Gasteiger partial charge in [0.25, 0.3) is 0 Å². The fourth-order valence-electron chi connectivity index (χ4n) is 9.69. The molecule has 0 aliphatic heterocycles. The zero-order valence-corrected chi connectivity index (χ0v) is 31.1. The number of nitrogens with zero attached hydrogens (tertiary/aromatic N) is 1. The van der Waals surface area contributed by atoms with E-state index < -0.39 is 5.41 Å². The molecule has 2 aliphatic carbocycles. The monoisotopic (exact) mass is 707 g/mol. The van der Waals surface area contributed by atoms with Crippen molar-refractivity contribution in [2.45, 2.75) is 24.7 Å². The van der Waals surface area contributed by atoms with Gasteiger partial charge in [0.1, 0.15) is 0 Å². The van der Waals surface area contributed by atoms with Crippen LogP contribution < -0.4 is 4.90 Å². The summed E-state index contributed by atoms with van der Waals surface area (Å²) in [6, 6.07) is 69.9. The second kappa shape index (κ2) is 11.6. The van der Waals surface area contributed by atoms with Crippen LogP contribution in [0.3, 0.4) is 0 Å². The van der Waals surface area contributed by atoms with Gasteiger partial charge in [-0.15, -0.1) is 11.3 Å². The van der Waals surface area contributed by atoms with Gasteiger partial charge in [0, 0.05) is 42.6 Å². The van der Waals surface area contributed by atoms with Gasteiger partial charge in [-0.25, -0.2) is 0 Å². The number of benzene rings is 8. The second-order valence-electron chi connectivity index (χ2n) is 15.3. The third-order valence-electron chi connectivity index (χ3n) is 12.1. The van der Waals surface area contributed by atoms with E-state index in [9.17, 15) is 0 Å². The molecule has 256 valence electrons. The average Bonchev–Trinajstić information content (AvgIpc) is 3.83. The normalized spacial score (nSPS) is 14.4. The van der Waals surface area contributed by atoms with Crippen molar-refractivity contribution in [3.63, 3.8) is 0 Å². The Hall–Kier alpha value is -6.22. The summed E-state index contributed by atoms with van der Waals surface area (Å²) in [5.74, 6) is 0. The molecule has 0 amide bonds. The maximum Gasteiger partial charge on any atom is 0.0713 e. The van der Waals surface area contributed by atoms with E-state index in [2.05, 4.69) is 207 Å². The van der Waals surface area contributed by atoms with Gasteiger partial charge in [0.05, 0.1) is 5.41 Å². The molecule has 0 saturated heterocycles. The van der Waals surface area contributed by atoms with Crippen LogP contribution in [-0.4, -0.2) is 0 Å². The van der Waals surface area contributed by atoms with Crippen molar-refractivity contribution in [1.29, 1.82) is 0 Å². The summed E-state index contributed by atoms with van der Waals surface area (Å²) in [5.41, 5.74) is 16.5. The highest BCUT2D eigenvalue weighted by atomic mass is 32.1. The van der Waals surface area contributed by atoms with E-state index in [1.54, 1.807) is 0 Å². The number of thiophene rings is 1. The van der Waals surface area contributed by atoms with Gasteiger partial charge in [-0.1, -0.05) is 153 Å². The Morgan fingerprint density at radius 1 is 0.389 bits per heavy atom. The van der Waals surface area contributed by atoms with Crippen molar-refractivity contribution in [1.82, 2.24) is 0 Å². The summed E-state index contributed by atoms with van der Waals surface area (Å²) < 4.78 is 2.62. The summed E-state index contributed by atoms with van der Waals surface area (Å²) in [5, 5.41) is 2.63. The molecule has 0 unspecified atom stereocenters. The predicted molar refractivity (Wildman–Crippen MR) is 229 cm³/mol. The lowest BCUT2D eigenvalue weighted by Gasteiger charge is -2.36. The number of hydrogen-bond acceptors (Lipinski definition) is 2. The highest BCUT2D eigenvalue weighted by Crippen LogP contribution is 2.64. The Kier molecular flexibility index (Phi) is 6.75. The standard InChI is InChI=1S/C52H37NS/c1-51(2)43-21-12-23-45-49(43)50-44(51)22-13-24-46(50)52(45,36-15-5-3-6-16-36)37-17-11-14-35(32-37)34-26-28-39(29-27-34)53(38-18-7-4-8-19-38)40-30-31-42-41-20-9-10-25-47(41)54-48(42)33-40/h3-33H,1-2H3. The molecule has 1 heterocycles. The number of hydrogen-bond donors (Lipinski definition) is 0. The van der Waals surface area contributed by atoms with E-state index in [1.807, 2.05) is 11.3 Å². The third kappa shape index (κ3) is 4.32. The minimum atomic E-state index is -0.417. The summed E-state index contributed by atoms with van der Waals surface area (Å²) >= 11 is 1.86. The van der Waals surface area contributed by atoms with E-state index >= 15 is 0 Å². The fraction of sp³-hybridized carbons (Fsp3) is 0.0769. The Bertz CT molecular complexity index is 2840. The third-order valence-corrected chi connectivity index (χ3v) is 13.3. The van der Waals surface area contributed by atoms with E-state index in [0.29, 0.717) is 0 Å². The van der Waals surface area contributed by atoms with Gasteiger partial charge in [-0.05, 0) is 104 Å². The first kappa shape index (κ1) is 31.3. The lowest BCUT2D eigenvalue weighted by atomic mass is 9.65. The predicted octanol–water partition coefficient (Wildman–Crippen LogP) is 14.2. The average molecular weight is 708 g/mol. The van der Waals surface area contributed by atoms with E-state index in [-0.39, 0.29) is 5.41 Å². The molecule has 0 radical (unpaired) electrons. The Morgan fingerprint density at radius 2 is 0.944 bits per heavy atom. The molecule has 0 fully saturated rings. The summed E-state index contributed by atoms with van der Waals surface area (Å²) in [4.78, 5) is 2.37. The first-order valence-corrected chi connectivity index (χ1v) is 19.7. The molecular formula is C52H37NS. The molecule has 11 rings (SSSR count). The van der Waals surface area contributed by atoms with Crippen LogP contribution in [0, 0.1) is 0 Å². The molecule has 0 N–H and O–H groups in total. The molecule has 9 aromatic rings. The summed E-state index contributed by atoms with van der Waals surface area (Å²) in [6.07, 6.45) is 0. The smallest absolute Gasteiger partial charge is 0.0713 e. The van der Waals surface area contributed by atoms with Crippen molar-refractivity contribution in [3.8, 4) is 22.3 Å². The Balaban J connectivity index is 1.04. The molecule has 0 bridgehead atoms. The molecule has 8 aromatic carbocycles. The molecule has 1 aromatic heterocycles. The zero-order chi connectivity index (χ0) is 36.0. The van der Waals surface area contributed by atoms with Gasteiger partial charge in [0.2, 0.25) is 0 Å². The van der Waals surface area contributed by atoms with Gasteiger partial charge in [0.15, 0.2) is 0 Å². The molecule has 2 heteroatoms. The fourth-order valence-corrected chi connectivity index (χ4v) is 10.8. The van der Waals surface area contributed by atoms with Crippen molar-refractivity contribution < 1.29 is 0 Å². The van der Waals surface area contributed by atoms with Gasteiger partial charge < -0.3 is 4.90 Å². The summed E-state index contributed by atoms with van der Waals surface area (Å²) in [6.45, 7) is 4.76. The maximum absolute atomic E-state index is 2.44. The molecule has 0 saturated carbocycles. The van der Waals surface area contributed by atoms with Gasteiger partial charge in [-0.2, -0.15) is 0 Å².